The number of guanidine groups is 1. The lowest BCUT2D eigenvalue weighted by Gasteiger charge is -2.11. The molecule has 5 nitrogen and oxygen atoms in total. The number of halogens is 1. The molecule has 0 aromatic heterocycles. The van der Waals surface area contributed by atoms with E-state index in [1.54, 1.807) is 7.11 Å². The molecule has 1 aromatic carbocycles. The van der Waals surface area contributed by atoms with Crippen LogP contribution in [0.3, 0.4) is 0 Å². The molecule has 1 unspecified atom stereocenters. The minimum atomic E-state index is 0. The summed E-state index contributed by atoms with van der Waals surface area (Å²) in [5.41, 5.74) is 6.86. The number of benzene rings is 1. The van der Waals surface area contributed by atoms with Gasteiger partial charge in [0.25, 0.3) is 0 Å². The number of methoxy groups -OCH3 is 1. The molecule has 21 heavy (non-hydrogen) atoms. The van der Waals surface area contributed by atoms with Gasteiger partial charge in [-0.05, 0) is 31.0 Å². The highest BCUT2D eigenvalue weighted by atomic mass is 127. The molecule has 1 atom stereocenters. The quantitative estimate of drug-likeness (QED) is 0.301. The minimum Gasteiger partial charge on any atom is -0.497 e. The van der Waals surface area contributed by atoms with Crippen LogP contribution < -0.4 is 15.8 Å². The van der Waals surface area contributed by atoms with Gasteiger partial charge in [-0.3, -0.25) is 4.99 Å². The number of nitrogens with one attached hydrogen (secondary N) is 1. The first-order chi connectivity index (χ1) is 9.65. The van der Waals surface area contributed by atoms with Crippen molar-refractivity contribution >= 4 is 29.9 Å². The number of rotatable bonds is 8. The van der Waals surface area contributed by atoms with Crippen LogP contribution in [0.4, 0.5) is 0 Å². The van der Waals surface area contributed by atoms with E-state index >= 15 is 0 Å². The predicted molar refractivity (Wildman–Crippen MR) is 97.4 cm³/mol. The van der Waals surface area contributed by atoms with E-state index in [9.17, 15) is 0 Å². The second-order valence-corrected chi connectivity index (χ2v) is 4.62. The Morgan fingerprint density at radius 1 is 1.33 bits per heavy atom. The van der Waals surface area contributed by atoms with Gasteiger partial charge in [0.2, 0.25) is 0 Å². The molecule has 0 fully saturated rings. The highest BCUT2D eigenvalue weighted by molar-refractivity contribution is 14.0. The van der Waals surface area contributed by atoms with Gasteiger partial charge in [-0.1, -0.05) is 19.1 Å². The summed E-state index contributed by atoms with van der Waals surface area (Å²) in [5.74, 6) is 1.33. The van der Waals surface area contributed by atoms with Gasteiger partial charge in [-0.15, -0.1) is 24.0 Å². The van der Waals surface area contributed by atoms with Gasteiger partial charge in [-0.25, -0.2) is 0 Å². The van der Waals surface area contributed by atoms with E-state index in [2.05, 4.69) is 24.2 Å². The van der Waals surface area contributed by atoms with Crippen molar-refractivity contribution in [1.82, 2.24) is 5.32 Å². The first-order valence-corrected chi connectivity index (χ1v) is 6.92. The van der Waals surface area contributed by atoms with E-state index in [0.717, 1.165) is 17.7 Å². The fraction of sp³-hybridized carbons (Fsp3) is 0.533. The van der Waals surface area contributed by atoms with Crippen LogP contribution in [0.25, 0.3) is 0 Å². The van der Waals surface area contributed by atoms with Gasteiger partial charge < -0.3 is 20.5 Å². The molecular weight excluding hydrogens is 381 g/mol. The number of aliphatic imine (C=N–C) groups is 1. The number of nitrogens with zero attached hydrogens (tertiary/aromatic N) is 1. The summed E-state index contributed by atoms with van der Waals surface area (Å²) in [5, 5.41) is 3.11. The maximum Gasteiger partial charge on any atom is 0.188 e. The van der Waals surface area contributed by atoms with E-state index in [-0.39, 0.29) is 24.0 Å². The summed E-state index contributed by atoms with van der Waals surface area (Å²) < 4.78 is 10.6. The second-order valence-electron chi connectivity index (χ2n) is 4.62. The van der Waals surface area contributed by atoms with Gasteiger partial charge in [0.1, 0.15) is 5.75 Å². The predicted octanol–water partition coefficient (Wildman–Crippen LogP) is 2.53. The van der Waals surface area contributed by atoms with Crippen molar-refractivity contribution in [3.05, 3.63) is 29.8 Å². The Morgan fingerprint density at radius 2 is 2.00 bits per heavy atom. The number of nitrogens with two attached hydrogens (primary N) is 1. The van der Waals surface area contributed by atoms with Crippen molar-refractivity contribution in [1.29, 1.82) is 0 Å². The van der Waals surface area contributed by atoms with E-state index in [0.29, 0.717) is 31.8 Å². The van der Waals surface area contributed by atoms with Crippen molar-refractivity contribution < 1.29 is 9.47 Å². The Morgan fingerprint density at radius 3 is 2.57 bits per heavy atom. The van der Waals surface area contributed by atoms with Gasteiger partial charge in [0.05, 0.1) is 26.9 Å². The van der Waals surface area contributed by atoms with Crippen LogP contribution in [0.15, 0.2) is 29.3 Å². The van der Waals surface area contributed by atoms with Crippen molar-refractivity contribution in [2.75, 3.05) is 20.3 Å². The summed E-state index contributed by atoms with van der Waals surface area (Å²) >= 11 is 0. The molecule has 3 N–H and O–H groups in total. The monoisotopic (exact) mass is 407 g/mol. The third kappa shape index (κ3) is 8.77. The minimum absolute atomic E-state index is 0. The fourth-order valence-corrected chi connectivity index (χ4v) is 1.54. The van der Waals surface area contributed by atoms with Crippen molar-refractivity contribution in [2.45, 2.75) is 32.9 Å². The molecule has 0 spiro atoms. The molecule has 1 rings (SSSR count). The van der Waals surface area contributed by atoms with Gasteiger partial charge in [0, 0.05) is 6.04 Å². The van der Waals surface area contributed by atoms with E-state index in [1.807, 2.05) is 24.3 Å². The molecule has 0 radical (unpaired) electrons. The lowest BCUT2D eigenvalue weighted by molar-refractivity contribution is 0.128. The van der Waals surface area contributed by atoms with Crippen LogP contribution in [0.2, 0.25) is 0 Å². The molecule has 6 heteroatoms. The van der Waals surface area contributed by atoms with E-state index < -0.39 is 0 Å². The zero-order chi connectivity index (χ0) is 14.8. The van der Waals surface area contributed by atoms with Crippen LogP contribution in [-0.4, -0.2) is 32.3 Å². The number of hydrogen-bond donors (Lipinski definition) is 2. The third-order valence-electron chi connectivity index (χ3n) is 2.95. The molecule has 0 saturated carbocycles. The van der Waals surface area contributed by atoms with E-state index in [4.69, 9.17) is 15.2 Å². The zero-order valence-electron chi connectivity index (χ0n) is 13.0. The lowest BCUT2D eigenvalue weighted by Crippen LogP contribution is -2.38. The van der Waals surface area contributed by atoms with Crippen molar-refractivity contribution in [3.8, 4) is 5.75 Å². The lowest BCUT2D eigenvalue weighted by atomic mass is 10.2. The highest BCUT2D eigenvalue weighted by Gasteiger charge is 1.98. The van der Waals surface area contributed by atoms with Crippen LogP contribution >= 0.6 is 24.0 Å². The van der Waals surface area contributed by atoms with E-state index in [1.165, 1.54) is 0 Å². The maximum atomic E-state index is 5.74. The average molecular weight is 407 g/mol. The first-order valence-electron chi connectivity index (χ1n) is 6.92. The van der Waals surface area contributed by atoms with Crippen LogP contribution in [-0.2, 0) is 11.3 Å². The Balaban J connectivity index is 0.00000400. The zero-order valence-corrected chi connectivity index (χ0v) is 15.3. The van der Waals surface area contributed by atoms with Crippen molar-refractivity contribution in [2.24, 2.45) is 10.7 Å². The Hall–Kier alpha value is -1.02. The highest BCUT2D eigenvalue weighted by Crippen LogP contribution is 2.11. The first kappa shape index (κ1) is 20.0. The standard InChI is InChI=1S/C15H25N3O2.HI/c1-4-12(2)18-15(16)17-9-10-20-11-13-5-7-14(19-3)8-6-13;/h5-8,12H,4,9-11H2,1-3H3,(H3,16,17,18);1H. The van der Waals surface area contributed by atoms with Crippen LogP contribution in [0, 0.1) is 0 Å². The molecule has 0 saturated heterocycles. The smallest absolute Gasteiger partial charge is 0.188 e. The summed E-state index contributed by atoms with van der Waals surface area (Å²) in [7, 11) is 1.65. The van der Waals surface area contributed by atoms with Crippen LogP contribution in [0.1, 0.15) is 25.8 Å². The molecule has 1 aromatic rings. The van der Waals surface area contributed by atoms with Crippen LogP contribution in [0.5, 0.6) is 5.75 Å². The largest absolute Gasteiger partial charge is 0.497 e. The summed E-state index contributed by atoms with van der Waals surface area (Å²) in [6.45, 7) is 5.85. The molecular formula is C15H26IN3O2. The molecule has 0 aliphatic rings. The molecule has 0 aliphatic heterocycles. The fourth-order valence-electron chi connectivity index (χ4n) is 1.54. The summed E-state index contributed by atoms with van der Waals surface area (Å²) in [6.07, 6.45) is 1.02. The third-order valence-corrected chi connectivity index (χ3v) is 2.95. The Kier molecular flexibility index (Phi) is 11.1. The molecule has 0 heterocycles. The SMILES string of the molecule is CCC(C)NC(N)=NCCOCc1ccc(OC)cc1.I. The van der Waals surface area contributed by atoms with Gasteiger partial charge in [-0.2, -0.15) is 0 Å². The molecule has 0 bridgehead atoms. The number of ether oxygens (including phenoxy) is 2. The average Bonchev–Trinajstić information content (AvgIpc) is 2.47. The Bertz CT molecular complexity index is 410. The maximum absolute atomic E-state index is 5.74. The normalized spacial score (nSPS) is 12.4. The topological polar surface area (TPSA) is 68.9 Å². The number of hydrogen-bond acceptors (Lipinski definition) is 3. The summed E-state index contributed by atoms with van der Waals surface area (Å²) in [4.78, 5) is 4.21. The van der Waals surface area contributed by atoms with Gasteiger partial charge in [0.15, 0.2) is 5.96 Å². The molecule has 0 aliphatic carbocycles. The molecule has 120 valence electrons. The van der Waals surface area contributed by atoms with Gasteiger partial charge >= 0.3 is 0 Å². The molecule has 0 amide bonds. The second kappa shape index (κ2) is 11.6. The Labute approximate surface area is 144 Å². The summed E-state index contributed by atoms with van der Waals surface area (Å²) in [6, 6.07) is 8.16. The van der Waals surface area contributed by atoms with Crippen molar-refractivity contribution in [3.63, 3.8) is 0 Å².